The highest BCUT2D eigenvalue weighted by atomic mass is 32.2. The topological polar surface area (TPSA) is 137 Å². The molecule has 39 heavy (non-hydrogen) atoms. The fourth-order valence-corrected chi connectivity index (χ4v) is 6.40. The number of H-pyrrole nitrogens is 1. The van der Waals surface area contributed by atoms with Crippen LogP contribution < -0.4 is 9.64 Å². The minimum atomic E-state index is -2.28. The molecule has 0 radical (unpaired) electrons. The number of hydrogen-bond acceptors (Lipinski definition) is 9. The number of aromatic amines is 1. The lowest BCUT2D eigenvalue weighted by atomic mass is 10.1. The molecule has 0 amide bonds. The van der Waals surface area contributed by atoms with Crippen LogP contribution in [0, 0.1) is 11.3 Å². The number of hydrogen-bond donors (Lipinski definition) is 1. The van der Waals surface area contributed by atoms with Gasteiger partial charge in [-0.3, -0.25) is 5.10 Å². The van der Waals surface area contributed by atoms with Gasteiger partial charge in [-0.15, -0.1) is 0 Å². The highest BCUT2D eigenvalue weighted by Crippen LogP contribution is 2.29. The molecule has 5 aromatic rings. The van der Waals surface area contributed by atoms with Crippen molar-refractivity contribution in [3.05, 3.63) is 78.5 Å². The first kappa shape index (κ1) is 24.6. The molecular weight excluding hydrogens is 514 g/mol. The predicted octanol–water partition coefficient (Wildman–Crippen LogP) is 3.55. The summed E-state index contributed by atoms with van der Waals surface area (Å²) in [6.45, 7) is 1.64. The van der Waals surface area contributed by atoms with Crippen molar-refractivity contribution in [1.82, 2.24) is 29.8 Å². The molecule has 11 nitrogen and oxygen atoms in total. The van der Waals surface area contributed by atoms with Gasteiger partial charge in [-0.2, -0.15) is 15.5 Å². The van der Waals surface area contributed by atoms with E-state index in [0.717, 1.165) is 28.3 Å². The zero-order valence-electron chi connectivity index (χ0n) is 21.2. The van der Waals surface area contributed by atoms with Crippen LogP contribution in [0.2, 0.25) is 0 Å². The molecule has 5 heterocycles. The van der Waals surface area contributed by atoms with E-state index in [1.807, 2.05) is 36.4 Å². The van der Waals surface area contributed by atoms with Gasteiger partial charge in [-0.05, 0) is 29.8 Å². The Balaban J connectivity index is 1.21. The van der Waals surface area contributed by atoms with Gasteiger partial charge >= 0.3 is 0 Å². The largest absolute Gasteiger partial charge is 0.497 e. The van der Waals surface area contributed by atoms with Crippen molar-refractivity contribution < 1.29 is 8.95 Å². The van der Waals surface area contributed by atoms with Crippen LogP contribution in [0.5, 0.6) is 5.75 Å². The number of ether oxygens (including phenoxy) is 1. The SMILES string of the molecule is COc1ccc(CN=S2(=O)CCN(c3ccc(-c4nc(-c5cn[nH]c5)cn5ncc(C#N)c45)cn3)CC2)cc1. The van der Waals surface area contributed by atoms with Gasteiger partial charge in [0.2, 0.25) is 0 Å². The van der Waals surface area contributed by atoms with Gasteiger partial charge in [-0.25, -0.2) is 23.1 Å². The van der Waals surface area contributed by atoms with Crippen LogP contribution in [-0.2, 0) is 16.3 Å². The molecule has 0 unspecified atom stereocenters. The van der Waals surface area contributed by atoms with Crippen molar-refractivity contribution >= 4 is 21.1 Å². The predicted molar refractivity (Wildman–Crippen MR) is 148 cm³/mol. The summed E-state index contributed by atoms with van der Waals surface area (Å²) in [5.74, 6) is 2.56. The zero-order valence-corrected chi connectivity index (χ0v) is 22.0. The van der Waals surface area contributed by atoms with Gasteiger partial charge in [0.05, 0.1) is 53.4 Å². The molecule has 6 rings (SSSR count). The molecular formula is C27H25N9O2S. The summed E-state index contributed by atoms with van der Waals surface area (Å²) in [6, 6.07) is 13.7. The molecule has 0 aliphatic carbocycles. The standard InChI is InChI=1S/C27H25N9O2S/c1-38-23-5-2-19(3-6-23)13-33-39(37)10-8-35(9-11-39)25-7-4-20(14-29-25)26-27-21(12-28)17-32-36(27)18-24(34-26)22-15-30-31-16-22/h2-7,14-18H,8-11,13H2,1H3,(H,30,31). The molecule has 1 aromatic carbocycles. The highest BCUT2D eigenvalue weighted by molar-refractivity contribution is 7.93. The molecule has 1 N–H and O–H groups in total. The summed E-state index contributed by atoms with van der Waals surface area (Å²) in [5, 5.41) is 20.8. The Hall–Kier alpha value is -4.76. The third-order valence-corrected chi connectivity index (χ3v) is 9.00. The van der Waals surface area contributed by atoms with E-state index in [4.69, 9.17) is 14.7 Å². The van der Waals surface area contributed by atoms with Gasteiger partial charge in [0.1, 0.15) is 28.7 Å². The molecule has 196 valence electrons. The maximum absolute atomic E-state index is 13.3. The van der Waals surface area contributed by atoms with Crippen molar-refractivity contribution in [2.24, 2.45) is 4.36 Å². The number of rotatable bonds is 6. The van der Waals surface area contributed by atoms with Gasteiger partial charge in [-0.1, -0.05) is 12.1 Å². The summed E-state index contributed by atoms with van der Waals surface area (Å²) in [5.41, 5.74) is 4.93. The first-order chi connectivity index (χ1) is 19.0. The Morgan fingerprint density at radius 2 is 1.92 bits per heavy atom. The summed E-state index contributed by atoms with van der Waals surface area (Å²) < 4.78 is 24.8. The first-order valence-corrected chi connectivity index (χ1v) is 14.2. The quantitative estimate of drug-likeness (QED) is 0.346. The van der Waals surface area contributed by atoms with E-state index in [2.05, 4.69) is 30.6 Å². The molecule has 1 aliphatic heterocycles. The number of anilines is 1. The fraction of sp³-hybridized carbons (Fsp3) is 0.222. The normalized spacial score (nSPS) is 14.7. The van der Waals surface area contributed by atoms with Gasteiger partial charge in [0.25, 0.3) is 0 Å². The number of methoxy groups -OCH3 is 1. The monoisotopic (exact) mass is 539 g/mol. The van der Waals surface area contributed by atoms with Crippen LogP contribution in [0.15, 0.2) is 71.7 Å². The molecule has 0 atom stereocenters. The van der Waals surface area contributed by atoms with Gasteiger partial charge in [0.15, 0.2) is 0 Å². The lowest BCUT2D eigenvalue weighted by Crippen LogP contribution is -2.40. The van der Waals surface area contributed by atoms with E-state index < -0.39 is 9.73 Å². The van der Waals surface area contributed by atoms with E-state index in [9.17, 15) is 9.47 Å². The smallest absolute Gasteiger partial charge is 0.128 e. The molecule has 1 fully saturated rings. The third-order valence-electron chi connectivity index (χ3n) is 6.76. The summed E-state index contributed by atoms with van der Waals surface area (Å²) in [7, 11) is -0.650. The van der Waals surface area contributed by atoms with Gasteiger partial charge in [0, 0.05) is 48.1 Å². The van der Waals surface area contributed by atoms with Crippen LogP contribution in [0.25, 0.3) is 28.0 Å². The number of nitriles is 1. The second kappa shape index (κ2) is 10.2. The molecule has 12 heteroatoms. The highest BCUT2D eigenvalue weighted by Gasteiger charge is 2.22. The maximum Gasteiger partial charge on any atom is 0.128 e. The molecule has 0 saturated carbocycles. The second-order valence-electron chi connectivity index (χ2n) is 9.13. The average molecular weight is 540 g/mol. The number of fused-ring (bicyclic) bond motifs is 1. The van der Waals surface area contributed by atoms with Crippen molar-refractivity contribution in [2.75, 3.05) is 36.6 Å². The first-order valence-electron chi connectivity index (χ1n) is 12.4. The lowest BCUT2D eigenvalue weighted by molar-refractivity contribution is 0.414. The Morgan fingerprint density at radius 1 is 1.10 bits per heavy atom. The van der Waals surface area contributed by atoms with Crippen LogP contribution in [0.1, 0.15) is 11.1 Å². The number of nitrogens with one attached hydrogen (secondary N) is 1. The minimum Gasteiger partial charge on any atom is -0.497 e. The summed E-state index contributed by atoms with van der Waals surface area (Å²) >= 11 is 0. The molecule has 1 aliphatic rings. The van der Waals surface area contributed by atoms with Crippen molar-refractivity contribution in [3.8, 4) is 34.3 Å². The van der Waals surface area contributed by atoms with Crippen molar-refractivity contribution in [3.63, 3.8) is 0 Å². The molecule has 0 spiro atoms. The van der Waals surface area contributed by atoms with E-state index in [-0.39, 0.29) is 0 Å². The maximum atomic E-state index is 13.3. The van der Waals surface area contributed by atoms with E-state index in [1.165, 1.54) is 6.20 Å². The number of nitrogens with zero attached hydrogens (tertiary/aromatic N) is 8. The zero-order chi connectivity index (χ0) is 26.8. The number of benzene rings is 1. The minimum absolute atomic E-state index is 0.425. The summed E-state index contributed by atoms with van der Waals surface area (Å²) in [6.07, 6.45) is 8.51. The van der Waals surface area contributed by atoms with Crippen LogP contribution in [-0.4, -0.2) is 65.7 Å². The third kappa shape index (κ3) is 4.92. The Labute approximate surface area is 225 Å². The fourth-order valence-electron chi connectivity index (χ4n) is 4.54. The average Bonchev–Trinajstić information content (AvgIpc) is 3.67. The number of pyridine rings is 1. The second-order valence-corrected chi connectivity index (χ2v) is 11.8. The van der Waals surface area contributed by atoms with Gasteiger partial charge < -0.3 is 9.64 Å². The lowest BCUT2D eigenvalue weighted by Gasteiger charge is -2.29. The van der Waals surface area contributed by atoms with E-state index in [0.29, 0.717) is 53.6 Å². The van der Waals surface area contributed by atoms with Crippen molar-refractivity contribution in [1.29, 1.82) is 5.26 Å². The van der Waals surface area contributed by atoms with Crippen molar-refractivity contribution in [2.45, 2.75) is 6.54 Å². The molecule has 4 aromatic heterocycles. The Morgan fingerprint density at radius 3 is 2.59 bits per heavy atom. The molecule has 0 bridgehead atoms. The Bertz CT molecular complexity index is 1770. The van der Waals surface area contributed by atoms with E-state index >= 15 is 0 Å². The summed E-state index contributed by atoms with van der Waals surface area (Å²) in [4.78, 5) is 11.6. The Kier molecular flexibility index (Phi) is 6.42. The number of aromatic nitrogens is 6. The van der Waals surface area contributed by atoms with Crippen LogP contribution >= 0.6 is 0 Å². The molecule has 1 saturated heterocycles. The van der Waals surface area contributed by atoms with E-state index in [1.54, 1.807) is 36.4 Å². The van der Waals surface area contributed by atoms with Crippen LogP contribution in [0.3, 0.4) is 0 Å². The van der Waals surface area contributed by atoms with Crippen LogP contribution in [0.4, 0.5) is 5.82 Å².